The molecule has 1 fully saturated rings. The molecule has 0 atom stereocenters. The molecular formula is C17H24N2O. The second-order valence-electron chi connectivity index (χ2n) is 5.22. The van der Waals surface area contributed by atoms with E-state index in [-0.39, 0.29) is 0 Å². The number of benzene rings is 1. The molecule has 1 aromatic carbocycles. The van der Waals surface area contributed by atoms with Crippen LogP contribution in [-0.2, 0) is 0 Å². The lowest BCUT2D eigenvalue weighted by Gasteiger charge is -2.31. The van der Waals surface area contributed by atoms with Crippen molar-refractivity contribution in [3.63, 3.8) is 0 Å². The SMILES string of the molecule is C#CCN1CCC(NCCCOc2ccccc2)CC1. The van der Waals surface area contributed by atoms with Crippen LogP contribution in [0.25, 0.3) is 0 Å². The van der Waals surface area contributed by atoms with E-state index in [1.54, 1.807) is 0 Å². The third kappa shape index (κ3) is 5.24. The minimum atomic E-state index is 0.640. The van der Waals surface area contributed by atoms with Crippen molar-refractivity contribution in [2.45, 2.75) is 25.3 Å². The van der Waals surface area contributed by atoms with Gasteiger partial charge in [-0.2, -0.15) is 0 Å². The van der Waals surface area contributed by atoms with Gasteiger partial charge in [-0.1, -0.05) is 24.1 Å². The maximum absolute atomic E-state index is 5.67. The fourth-order valence-corrected chi connectivity index (χ4v) is 2.51. The van der Waals surface area contributed by atoms with Crippen molar-refractivity contribution in [1.82, 2.24) is 10.2 Å². The van der Waals surface area contributed by atoms with Crippen LogP contribution >= 0.6 is 0 Å². The minimum Gasteiger partial charge on any atom is -0.494 e. The number of para-hydroxylation sites is 1. The molecule has 108 valence electrons. The zero-order chi connectivity index (χ0) is 14.0. The Balaban J connectivity index is 1.51. The van der Waals surface area contributed by atoms with Gasteiger partial charge in [-0.15, -0.1) is 6.42 Å². The monoisotopic (exact) mass is 272 g/mol. The average molecular weight is 272 g/mol. The Morgan fingerprint density at radius 2 is 2.00 bits per heavy atom. The maximum atomic E-state index is 5.67. The molecule has 20 heavy (non-hydrogen) atoms. The van der Waals surface area contributed by atoms with Crippen LogP contribution in [0.15, 0.2) is 30.3 Å². The number of nitrogens with zero attached hydrogens (tertiary/aromatic N) is 1. The zero-order valence-electron chi connectivity index (χ0n) is 12.1. The number of rotatable bonds is 7. The molecule has 1 aliphatic rings. The van der Waals surface area contributed by atoms with E-state index in [0.717, 1.165) is 45.0 Å². The fraction of sp³-hybridized carbons (Fsp3) is 0.529. The Labute approximate surface area is 122 Å². The van der Waals surface area contributed by atoms with Gasteiger partial charge in [0.05, 0.1) is 13.2 Å². The molecule has 0 bridgehead atoms. The van der Waals surface area contributed by atoms with Gasteiger partial charge in [-0.25, -0.2) is 0 Å². The predicted octanol–water partition coefficient (Wildman–Crippen LogP) is 2.14. The van der Waals surface area contributed by atoms with E-state index in [1.807, 2.05) is 30.3 Å². The number of likely N-dealkylation sites (tertiary alicyclic amines) is 1. The molecule has 0 aliphatic carbocycles. The molecule has 2 rings (SSSR count). The van der Waals surface area contributed by atoms with Gasteiger partial charge in [0.2, 0.25) is 0 Å². The molecule has 1 aliphatic heterocycles. The lowest BCUT2D eigenvalue weighted by molar-refractivity contribution is 0.215. The van der Waals surface area contributed by atoms with Gasteiger partial charge in [0.1, 0.15) is 5.75 Å². The van der Waals surface area contributed by atoms with Gasteiger partial charge in [0.25, 0.3) is 0 Å². The molecule has 1 heterocycles. The second-order valence-corrected chi connectivity index (χ2v) is 5.22. The normalized spacial score (nSPS) is 16.8. The fourth-order valence-electron chi connectivity index (χ4n) is 2.51. The smallest absolute Gasteiger partial charge is 0.119 e. The van der Waals surface area contributed by atoms with Gasteiger partial charge >= 0.3 is 0 Å². The quantitative estimate of drug-likeness (QED) is 0.608. The molecular weight excluding hydrogens is 248 g/mol. The zero-order valence-corrected chi connectivity index (χ0v) is 12.1. The maximum Gasteiger partial charge on any atom is 0.119 e. The first-order chi connectivity index (χ1) is 9.88. The minimum absolute atomic E-state index is 0.640. The first-order valence-corrected chi connectivity index (χ1v) is 7.45. The van der Waals surface area contributed by atoms with Crippen LogP contribution < -0.4 is 10.1 Å². The highest BCUT2D eigenvalue weighted by Crippen LogP contribution is 2.10. The summed E-state index contributed by atoms with van der Waals surface area (Å²) in [5.74, 6) is 3.67. The predicted molar refractivity (Wildman–Crippen MR) is 82.9 cm³/mol. The Kier molecular flexibility index (Phi) is 6.43. The second kappa shape index (κ2) is 8.63. The largest absolute Gasteiger partial charge is 0.494 e. The van der Waals surface area contributed by atoms with Crippen LogP contribution in [-0.4, -0.2) is 43.7 Å². The molecule has 0 radical (unpaired) electrons. The molecule has 3 heteroatoms. The summed E-state index contributed by atoms with van der Waals surface area (Å²) < 4.78 is 5.67. The van der Waals surface area contributed by atoms with E-state index in [1.165, 1.54) is 12.8 Å². The van der Waals surface area contributed by atoms with Crippen LogP contribution in [0.4, 0.5) is 0 Å². The first kappa shape index (κ1) is 14.9. The standard InChI is InChI=1S/C17H24N2O/c1-2-12-19-13-9-16(10-14-19)18-11-6-15-20-17-7-4-3-5-8-17/h1,3-5,7-8,16,18H,6,9-15H2. The van der Waals surface area contributed by atoms with Gasteiger partial charge in [-0.3, -0.25) is 4.90 Å². The van der Waals surface area contributed by atoms with E-state index < -0.39 is 0 Å². The number of nitrogens with one attached hydrogen (secondary N) is 1. The summed E-state index contributed by atoms with van der Waals surface area (Å²) in [6.07, 6.45) is 8.77. The number of hydrogen-bond donors (Lipinski definition) is 1. The molecule has 1 N–H and O–H groups in total. The highest BCUT2D eigenvalue weighted by molar-refractivity contribution is 5.20. The van der Waals surface area contributed by atoms with Crippen LogP contribution in [0, 0.1) is 12.3 Å². The summed E-state index contributed by atoms with van der Waals surface area (Å²) in [5, 5.41) is 3.61. The third-order valence-electron chi connectivity index (χ3n) is 3.67. The summed E-state index contributed by atoms with van der Waals surface area (Å²) in [7, 11) is 0. The van der Waals surface area contributed by atoms with Crippen LogP contribution in [0.5, 0.6) is 5.75 Å². The number of ether oxygens (including phenoxy) is 1. The lowest BCUT2D eigenvalue weighted by Crippen LogP contribution is -2.43. The van der Waals surface area contributed by atoms with E-state index in [4.69, 9.17) is 11.2 Å². The van der Waals surface area contributed by atoms with Crippen LogP contribution in [0.3, 0.4) is 0 Å². The Bertz CT molecular complexity index is 405. The average Bonchev–Trinajstić information content (AvgIpc) is 2.50. The van der Waals surface area contributed by atoms with Crippen molar-refractivity contribution in [2.75, 3.05) is 32.8 Å². The van der Waals surface area contributed by atoms with E-state index >= 15 is 0 Å². The molecule has 0 spiro atoms. The van der Waals surface area contributed by atoms with Crippen LogP contribution in [0.2, 0.25) is 0 Å². The summed E-state index contributed by atoms with van der Waals surface area (Å²) >= 11 is 0. The topological polar surface area (TPSA) is 24.5 Å². The number of piperidine rings is 1. The molecule has 0 aromatic heterocycles. The summed E-state index contributed by atoms with van der Waals surface area (Å²) in [6.45, 7) is 4.81. The highest BCUT2D eigenvalue weighted by atomic mass is 16.5. The van der Waals surface area contributed by atoms with Gasteiger partial charge in [-0.05, 0) is 37.9 Å². The molecule has 3 nitrogen and oxygen atoms in total. The van der Waals surface area contributed by atoms with Crippen molar-refractivity contribution in [1.29, 1.82) is 0 Å². The van der Waals surface area contributed by atoms with Gasteiger partial charge in [0, 0.05) is 19.1 Å². The summed E-state index contributed by atoms with van der Waals surface area (Å²) in [5.41, 5.74) is 0. The van der Waals surface area contributed by atoms with Crippen molar-refractivity contribution in [3.05, 3.63) is 30.3 Å². The van der Waals surface area contributed by atoms with Crippen LogP contribution in [0.1, 0.15) is 19.3 Å². The number of hydrogen-bond acceptors (Lipinski definition) is 3. The molecule has 1 aromatic rings. The molecule has 0 amide bonds. The van der Waals surface area contributed by atoms with Crippen molar-refractivity contribution >= 4 is 0 Å². The van der Waals surface area contributed by atoms with Crippen molar-refractivity contribution in [3.8, 4) is 18.1 Å². The Hall–Kier alpha value is -1.50. The van der Waals surface area contributed by atoms with E-state index in [2.05, 4.69) is 16.1 Å². The first-order valence-electron chi connectivity index (χ1n) is 7.45. The molecule has 0 unspecified atom stereocenters. The van der Waals surface area contributed by atoms with Crippen molar-refractivity contribution in [2.24, 2.45) is 0 Å². The number of terminal acetylenes is 1. The van der Waals surface area contributed by atoms with Gasteiger partial charge in [0.15, 0.2) is 0 Å². The molecule has 1 saturated heterocycles. The Morgan fingerprint density at radius 3 is 2.70 bits per heavy atom. The van der Waals surface area contributed by atoms with E-state index in [9.17, 15) is 0 Å². The third-order valence-corrected chi connectivity index (χ3v) is 3.67. The summed E-state index contributed by atoms with van der Waals surface area (Å²) in [4.78, 5) is 2.34. The molecule has 0 saturated carbocycles. The van der Waals surface area contributed by atoms with E-state index in [0.29, 0.717) is 6.04 Å². The van der Waals surface area contributed by atoms with Gasteiger partial charge < -0.3 is 10.1 Å². The van der Waals surface area contributed by atoms with Crippen molar-refractivity contribution < 1.29 is 4.74 Å². The summed E-state index contributed by atoms with van der Waals surface area (Å²) in [6, 6.07) is 10.6. The lowest BCUT2D eigenvalue weighted by atomic mass is 10.1. The highest BCUT2D eigenvalue weighted by Gasteiger charge is 2.17. The Morgan fingerprint density at radius 1 is 1.25 bits per heavy atom.